The molecule has 21 heavy (non-hydrogen) atoms. The smallest absolute Gasteiger partial charge is 0.203 e. The molecule has 4 heteroatoms. The topological polar surface area (TPSA) is 33.1 Å². The van der Waals surface area contributed by atoms with Crippen molar-refractivity contribution < 1.29 is 0 Å². The molecule has 0 spiro atoms. The highest BCUT2D eigenvalue weighted by Gasteiger charge is 2.36. The van der Waals surface area contributed by atoms with Crippen molar-refractivity contribution in [3.63, 3.8) is 0 Å². The van der Waals surface area contributed by atoms with Crippen molar-refractivity contribution in [2.75, 3.05) is 19.4 Å². The Kier molecular flexibility index (Phi) is 4.53. The zero-order valence-corrected chi connectivity index (χ0v) is 13.6. The number of nitrogens with zero attached hydrogens (tertiary/aromatic N) is 3. The van der Waals surface area contributed by atoms with Crippen LogP contribution in [0.15, 0.2) is 12.4 Å². The average Bonchev–Trinajstić information content (AvgIpc) is 3.12. The molecular formula is C17H30N4. The normalized spacial score (nSPS) is 22.8. The van der Waals surface area contributed by atoms with Crippen LogP contribution in [0.2, 0.25) is 0 Å². The summed E-state index contributed by atoms with van der Waals surface area (Å²) < 4.78 is 2.35. The van der Waals surface area contributed by atoms with Gasteiger partial charge in [-0.05, 0) is 39.8 Å². The first-order chi connectivity index (χ1) is 10.2. The summed E-state index contributed by atoms with van der Waals surface area (Å²) in [5, 5.41) is 3.69. The molecule has 0 saturated heterocycles. The van der Waals surface area contributed by atoms with E-state index in [9.17, 15) is 0 Å². The predicted molar refractivity (Wildman–Crippen MR) is 87.6 cm³/mol. The van der Waals surface area contributed by atoms with E-state index in [-0.39, 0.29) is 0 Å². The third-order valence-electron chi connectivity index (χ3n) is 5.60. The van der Waals surface area contributed by atoms with Gasteiger partial charge in [-0.15, -0.1) is 0 Å². The minimum Gasteiger partial charge on any atom is -0.353 e. The summed E-state index contributed by atoms with van der Waals surface area (Å²) in [6.07, 6.45) is 16.1. The molecule has 2 saturated carbocycles. The molecule has 2 aliphatic rings. The Bertz CT molecular complexity index is 439. The van der Waals surface area contributed by atoms with Crippen molar-refractivity contribution in [3.8, 4) is 0 Å². The molecular weight excluding hydrogens is 260 g/mol. The van der Waals surface area contributed by atoms with Gasteiger partial charge in [0.2, 0.25) is 5.95 Å². The molecule has 0 aliphatic heterocycles. The fraction of sp³-hybridized carbons (Fsp3) is 0.824. The largest absolute Gasteiger partial charge is 0.353 e. The maximum Gasteiger partial charge on any atom is 0.203 e. The van der Waals surface area contributed by atoms with Crippen molar-refractivity contribution >= 4 is 5.95 Å². The van der Waals surface area contributed by atoms with E-state index in [0.29, 0.717) is 11.6 Å². The molecule has 1 aromatic heterocycles. The molecule has 2 fully saturated rings. The Hall–Kier alpha value is -1.03. The Morgan fingerprint density at radius 1 is 1.19 bits per heavy atom. The number of rotatable bonds is 5. The summed E-state index contributed by atoms with van der Waals surface area (Å²) >= 11 is 0. The van der Waals surface area contributed by atoms with Crippen LogP contribution in [0.1, 0.15) is 57.8 Å². The number of imidazole rings is 1. The number of likely N-dealkylation sites (N-methyl/N-ethyl adjacent to an activating group) is 1. The van der Waals surface area contributed by atoms with Crippen LogP contribution >= 0.6 is 0 Å². The molecule has 0 bridgehead atoms. The van der Waals surface area contributed by atoms with Gasteiger partial charge in [-0.1, -0.05) is 32.1 Å². The maximum atomic E-state index is 4.58. The van der Waals surface area contributed by atoms with Crippen LogP contribution in [-0.2, 0) is 6.54 Å². The number of anilines is 1. The highest BCUT2D eigenvalue weighted by molar-refractivity contribution is 5.28. The summed E-state index contributed by atoms with van der Waals surface area (Å²) in [5.41, 5.74) is 0.323. The molecule has 1 N–H and O–H groups in total. The molecule has 0 radical (unpaired) electrons. The van der Waals surface area contributed by atoms with E-state index in [0.717, 1.165) is 12.5 Å². The van der Waals surface area contributed by atoms with Gasteiger partial charge >= 0.3 is 0 Å². The standard InChI is InChI=1S/C17H30N4/c1-20(2)17(10-6-7-11-17)14-21-13-12-18-16(21)19-15-8-4-3-5-9-15/h12-13,15H,3-11,14H2,1-2H3,(H,18,19). The Morgan fingerprint density at radius 2 is 1.90 bits per heavy atom. The van der Waals surface area contributed by atoms with Gasteiger partial charge in [0, 0.05) is 30.5 Å². The Morgan fingerprint density at radius 3 is 2.57 bits per heavy atom. The molecule has 0 aromatic carbocycles. The minimum absolute atomic E-state index is 0.323. The van der Waals surface area contributed by atoms with E-state index in [1.54, 1.807) is 0 Å². The van der Waals surface area contributed by atoms with Gasteiger partial charge in [0.25, 0.3) is 0 Å². The van der Waals surface area contributed by atoms with Crippen molar-refractivity contribution in [2.45, 2.75) is 75.9 Å². The second-order valence-electron chi connectivity index (χ2n) is 7.18. The van der Waals surface area contributed by atoms with Crippen LogP contribution in [0.25, 0.3) is 0 Å². The van der Waals surface area contributed by atoms with Crippen molar-refractivity contribution in [3.05, 3.63) is 12.4 Å². The fourth-order valence-electron chi connectivity index (χ4n) is 4.10. The zero-order chi connectivity index (χ0) is 14.7. The van der Waals surface area contributed by atoms with Gasteiger partial charge in [0.05, 0.1) is 0 Å². The van der Waals surface area contributed by atoms with Crippen molar-refractivity contribution in [1.29, 1.82) is 0 Å². The molecule has 2 aliphatic carbocycles. The molecule has 0 amide bonds. The SMILES string of the molecule is CN(C)C1(Cn2ccnc2NC2CCCCC2)CCCC1. The van der Waals surface area contributed by atoms with E-state index in [1.165, 1.54) is 57.8 Å². The highest BCUT2D eigenvalue weighted by Crippen LogP contribution is 2.36. The lowest BCUT2D eigenvalue weighted by Gasteiger charge is -2.37. The predicted octanol–water partition coefficient (Wildman–Crippen LogP) is 3.50. The fourth-order valence-corrected chi connectivity index (χ4v) is 4.10. The number of nitrogens with one attached hydrogen (secondary N) is 1. The summed E-state index contributed by atoms with van der Waals surface area (Å²) in [5.74, 6) is 1.08. The van der Waals surface area contributed by atoms with Crippen LogP contribution in [0.4, 0.5) is 5.95 Å². The van der Waals surface area contributed by atoms with E-state index in [1.807, 2.05) is 6.20 Å². The first-order valence-corrected chi connectivity index (χ1v) is 8.65. The summed E-state index contributed by atoms with van der Waals surface area (Å²) in [7, 11) is 4.47. The van der Waals surface area contributed by atoms with Gasteiger partial charge in [-0.3, -0.25) is 0 Å². The lowest BCUT2D eigenvalue weighted by molar-refractivity contribution is 0.134. The van der Waals surface area contributed by atoms with Crippen LogP contribution in [-0.4, -0.2) is 40.1 Å². The first-order valence-electron chi connectivity index (χ1n) is 8.65. The second-order valence-corrected chi connectivity index (χ2v) is 7.18. The van der Waals surface area contributed by atoms with Gasteiger partial charge in [-0.25, -0.2) is 4.98 Å². The second kappa shape index (κ2) is 6.39. The molecule has 3 rings (SSSR count). The number of aromatic nitrogens is 2. The van der Waals surface area contributed by atoms with Crippen molar-refractivity contribution in [1.82, 2.24) is 14.5 Å². The Balaban J connectivity index is 1.69. The van der Waals surface area contributed by atoms with E-state index >= 15 is 0 Å². The maximum absolute atomic E-state index is 4.58. The summed E-state index contributed by atoms with van der Waals surface area (Å²) in [4.78, 5) is 7.01. The third kappa shape index (κ3) is 3.25. The van der Waals surface area contributed by atoms with E-state index < -0.39 is 0 Å². The van der Waals surface area contributed by atoms with Gasteiger partial charge in [0.15, 0.2) is 0 Å². The van der Waals surface area contributed by atoms with Crippen molar-refractivity contribution in [2.24, 2.45) is 0 Å². The van der Waals surface area contributed by atoms with E-state index in [4.69, 9.17) is 0 Å². The monoisotopic (exact) mass is 290 g/mol. The highest BCUT2D eigenvalue weighted by atomic mass is 15.3. The zero-order valence-electron chi connectivity index (χ0n) is 13.6. The summed E-state index contributed by atoms with van der Waals surface area (Å²) in [6.45, 7) is 1.06. The van der Waals surface area contributed by atoms with Gasteiger partial charge < -0.3 is 14.8 Å². The summed E-state index contributed by atoms with van der Waals surface area (Å²) in [6, 6.07) is 0.624. The number of hydrogen-bond donors (Lipinski definition) is 1. The van der Waals surface area contributed by atoms with Crippen LogP contribution in [0, 0.1) is 0 Å². The third-order valence-corrected chi connectivity index (χ3v) is 5.60. The molecule has 0 unspecified atom stereocenters. The lowest BCUT2D eigenvalue weighted by atomic mass is 9.95. The molecule has 1 heterocycles. The van der Waals surface area contributed by atoms with Gasteiger partial charge in [0.1, 0.15) is 0 Å². The van der Waals surface area contributed by atoms with Crippen LogP contribution in [0.3, 0.4) is 0 Å². The lowest BCUT2D eigenvalue weighted by Crippen LogP contribution is -2.45. The Labute approximate surface area is 128 Å². The quantitative estimate of drug-likeness (QED) is 0.901. The van der Waals surface area contributed by atoms with Crippen LogP contribution in [0.5, 0.6) is 0 Å². The number of hydrogen-bond acceptors (Lipinski definition) is 3. The van der Waals surface area contributed by atoms with E-state index in [2.05, 4.69) is 40.1 Å². The molecule has 1 aromatic rings. The van der Waals surface area contributed by atoms with Crippen LogP contribution < -0.4 is 5.32 Å². The first kappa shape index (κ1) is 14.9. The molecule has 118 valence electrons. The molecule has 4 nitrogen and oxygen atoms in total. The minimum atomic E-state index is 0.323. The molecule has 0 atom stereocenters. The average molecular weight is 290 g/mol. The van der Waals surface area contributed by atoms with Gasteiger partial charge in [-0.2, -0.15) is 0 Å².